The van der Waals surface area contributed by atoms with Crippen molar-refractivity contribution in [1.29, 1.82) is 0 Å². The van der Waals surface area contributed by atoms with Crippen molar-refractivity contribution in [2.45, 2.75) is 6.61 Å². The summed E-state index contributed by atoms with van der Waals surface area (Å²) in [5, 5.41) is 9.29. The Hall–Kier alpha value is -3.02. The number of hydrogen-bond donors (Lipinski definition) is 1. The van der Waals surface area contributed by atoms with Crippen molar-refractivity contribution in [3.8, 4) is 5.75 Å². The standard InChI is InChI=1S/C17H17NO5/c1-18(17(21)23-11-12-7-4-3-5-8-12)15-13(16(19)20)9-6-10-14(15)22-2/h3-10H,11H2,1-2H3,(H,19,20). The van der Waals surface area contributed by atoms with Crippen LogP contribution in [0.5, 0.6) is 5.75 Å². The van der Waals surface area contributed by atoms with Gasteiger partial charge >= 0.3 is 12.1 Å². The van der Waals surface area contributed by atoms with E-state index in [1.807, 2.05) is 30.3 Å². The molecule has 23 heavy (non-hydrogen) atoms. The maximum Gasteiger partial charge on any atom is 0.414 e. The van der Waals surface area contributed by atoms with E-state index in [1.165, 1.54) is 20.2 Å². The van der Waals surface area contributed by atoms with Gasteiger partial charge in [0.1, 0.15) is 18.0 Å². The monoisotopic (exact) mass is 315 g/mol. The average Bonchev–Trinajstić information content (AvgIpc) is 2.59. The third-order valence-electron chi connectivity index (χ3n) is 3.26. The van der Waals surface area contributed by atoms with E-state index in [1.54, 1.807) is 12.1 Å². The molecule has 0 unspecified atom stereocenters. The van der Waals surface area contributed by atoms with Crippen molar-refractivity contribution in [2.24, 2.45) is 0 Å². The molecule has 2 rings (SSSR count). The van der Waals surface area contributed by atoms with E-state index in [0.717, 1.165) is 10.5 Å². The summed E-state index contributed by atoms with van der Waals surface area (Å²) in [5.74, 6) is -0.870. The first-order valence-electron chi connectivity index (χ1n) is 6.89. The molecule has 0 radical (unpaired) electrons. The van der Waals surface area contributed by atoms with Gasteiger partial charge in [0.25, 0.3) is 0 Å². The van der Waals surface area contributed by atoms with Crippen molar-refractivity contribution in [3.63, 3.8) is 0 Å². The Bertz CT molecular complexity index is 699. The van der Waals surface area contributed by atoms with Crippen LogP contribution in [0.15, 0.2) is 48.5 Å². The quantitative estimate of drug-likeness (QED) is 0.917. The largest absolute Gasteiger partial charge is 0.495 e. The van der Waals surface area contributed by atoms with Gasteiger partial charge in [0.2, 0.25) is 0 Å². The van der Waals surface area contributed by atoms with E-state index < -0.39 is 12.1 Å². The smallest absolute Gasteiger partial charge is 0.414 e. The molecule has 0 aliphatic rings. The zero-order valence-corrected chi connectivity index (χ0v) is 12.9. The highest BCUT2D eigenvalue weighted by atomic mass is 16.6. The van der Waals surface area contributed by atoms with Crippen molar-refractivity contribution >= 4 is 17.7 Å². The lowest BCUT2D eigenvalue weighted by Crippen LogP contribution is -2.29. The number of carbonyl (C=O) groups excluding carboxylic acids is 1. The molecule has 0 saturated carbocycles. The second kappa shape index (κ2) is 7.31. The van der Waals surface area contributed by atoms with E-state index in [4.69, 9.17) is 9.47 Å². The van der Waals surface area contributed by atoms with Gasteiger partial charge in [0, 0.05) is 7.05 Å². The van der Waals surface area contributed by atoms with Crippen LogP contribution in [0.25, 0.3) is 0 Å². The molecule has 0 heterocycles. The predicted octanol–water partition coefficient (Wildman–Crippen LogP) is 3.17. The van der Waals surface area contributed by atoms with Crippen LogP contribution in [0.1, 0.15) is 15.9 Å². The van der Waals surface area contributed by atoms with E-state index in [9.17, 15) is 14.7 Å². The summed E-state index contributed by atoms with van der Waals surface area (Å²) in [4.78, 5) is 24.7. The molecule has 6 heteroatoms. The minimum Gasteiger partial charge on any atom is -0.495 e. The molecular weight excluding hydrogens is 298 g/mol. The number of rotatable bonds is 5. The lowest BCUT2D eigenvalue weighted by Gasteiger charge is -2.21. The number of ether oxygens (including phenoxy) is 2. The van der Waals surface area contributed by atoms with E-state index in [0.29, 0.717) is 0 Å². The van der Waals surface area contributed by atoms with Gasteiger partial charge in [-0.05, 0) is 17.7 Å². The van der Waals surface area contributed by atoms with Crippen molar-refractivity contribution < 1.29 is 24.2 Å². The Morgan fingerprint density at radius 2 is 1.78 bits per heavy atom. The fraction of sp³-hybridized carbons (Fsp3) is 0.176. The van der Waals surface area contributed by atoms with Gasteiger partial charge in [-0.1, -0.05) is 36.4 Å². The fourth-order valence-electron chi connectivity index (χ4n) is 2.11. The lowest BCUT2D eigenvalue weighted by molar-refractivity contribution is 0.0697. The highest BCUT2D eigenvalue weighted by Gasteiger charge is 2.23. The number of anilines is 1. The molecule has 0 bridgehead atoms. The summed E-state index contributed by atoms with van der Waals surface area (Å²) in [6.45, 7) is 0.0988. The summed E-state index contributed by atoms with van der Waals surface area (Å²) in [7, 11) is 2.85. The number of benzene rings is 2. The van der Waals surface area contributed by atoms with Gasteiger partial charge in [0.15, 0.2) is 0 Å². The van der Waals surface area contributed by atoms with Crippen LogP contribution < -0.4 is 9.64 Å². The van der Waals surface area contributed by atoms with Gasteiger partial charge in [0.05, 0.1) is 12.7 Å². The summed E-state index contributed by atoms with van der Waals surface area (Å²) in [6, 6.07) is 13.8. The van der Waals surface area contributed by atoms with Gasteiger partial charge in [-0.2, -0.15) is 0 Å². The third kappa shape index (κ3) is 3.79. The minimum absolute atomic E-state index is 0.0384. The number of amides is 1. The first kappa shape index (κ1) is 16.4. The van der Waals surface area contributed by atoms with Crippen molar-refractivity contribution in [2.75, 3.05) is 19.1 Å². The topological polar surface area (TPSA) is 76.1 Å². The lowest BCUT2D eigenvalue weighted by atomic mass is 10.1. The SMILES string of the molecule is COc1cccc(C(=O)O)c1N(C)C(=O)OCc1ccccc1. The van der Waals surface area contributed by atoms with Crippen LogP contribution in [0.2, 0.25) is 0 Å². The highest BCUT2D eigenvalue weighted by molar-refractivity contribution is 6.01. The van der Waals surface area contributed by atoms with Crippen molar-refractivity contribution in [1.82, 2.24) is 0 Å². The van der Waals surface area contributed by atoms with E-state index >= 15 is 0 Å². The van der Waals surface area contributed by atoms with Crippen LogP contribution in [0, 0.1) is 0 Å². The highest BCUT2D eigenvalue weighted by Crippen LogP contribution is 2.32. The van der Waals surface area contributed by atoms with Gasteiger partial charge in [-0.3, -0.25) is 4.90 Å². The first-order chi connectivity index (χ1) is 11.0. The van der Waals surface area contributed by atoms with Crippen molar-refractivity contribution in [3.05, 3.63) is 59.7 Å². The van der Waals surface area contributed by atoms with Gasteiger partial charge in [-0.25, -0.2) is 9.59 Å². The maximum atomic E-state index is 12.2. The van der Waals surface area contributed by atoms with Gasteiger partial charge in [-0.15, -0.1) is 0 Å². The Morgan fingerprint density at radius 3 is 2.39 bits per heavy atom. The number of methoxy groups -OCH3 is 1. The Kier molecular flexibility index (Phi) is 5.19. The molecule has 0 spiro atoms. The van der Waals surface area contributed by atoms with Crippen LogP contribution in [0.3, 0.4) is 0 Å². The van der Waals surface area contributed by atoms with Gasteiger partial charge < -0.3 is 14.6 Å². The van der Waals surface area contributed by atoms with Crippen LogP contribution in [-0.4, -0.2) is 31.3 Å². The number of hydrogen-bond acceptors (Lipinski definition) is 4. The molecule has 0 saturated heterocycles. The molecule has 120 valence electrons. The molecule has 2 aromatic rings. The molecule has 2 aromatic carbocycles. The molecule has 1 amide bonds. The van der Waals surface area contributed by atoms with Crippen LogP contribution in [0.4, 0.5) is 10.5 Å². The number of para-hydroxylation sites is 1. The molecule has 0 aliphatic carbocycles. The normalized spacial score (nSPS) is 10.0. The molecule has 0 aliphatic heterocycles. The Labute approximate surface area is 133 Å². The third-order valence-corrected chi connectivity index (χ3v) is 3.26. The fourth-order valence-corrected chi connectivity index (χ4v) is 2.11. The number of aromatic carboxylic acids is 1. The second-order valence-electron chi connectivity index (χ2n) is 4.76. The Balaban J connectivity index is 2.20. The predicted molar refractivity (Wildman–Crippen MR) is 85.0 cm³/mol. The number of carboxylic acids is 1. The summed E-state index contributed by atoms with van der Waals surface area (Å²) < 4.78 is 10.4. The second-order valence-corrected chi connectivity index (χ2v) is 4.76. The molecule has 0 atom stereocenters. The summed E-state index contributed by atoms with van der Waals surface area (Å²) >= 11 is 0. The summed E-state index contributed by atoms with van der Waals surface area (Å²) in [6.07, 6.45) is -0.666. The molecule has 6 nitrogen and oxygen atoms in total. The number of carbonyl (C=O) groups is 2. The molecule has 0 aromatic heterocycles. The van der Waals surface area contributed by atoms with Crippen LogP contribution in [-0.2, 0) is 11.3 Å². The summed E-state index contributed by atoms with van der Waals surface area (Å²) in [5.41, 5.74) is 0.955. The zero-order chi connectivity index (χ0) is 16.8. The maximum absolute atomic E-state index is 12.2. The van der Waals surface area contributed by atoms with E-state index in [-0.39, 0.29) is 23.6 Å². The minimum atomic E-state index is -1.15. The molecule has 1 N–H and O–H groups in total. The average molecular weight is 315 g/mol. The molecule has 0 fully saturated rings. The Morgan fingerprint density at radius 1 is 1.09 bits per heavy atom. The molecular formula is C17H17NO5. The first-order valence-corrected chi connectivity index (χ1v) is 6.89. The zero-order valence-electron chi connectivity index (χ0n) is 12.9. The number of nitrogens with zero attached hydrogens (tertiary/aromatic N) is 1. The van der Waals surface area contributed by atoms with Crippen LogP contribution >= 0.6 is 0 Å². The van der Waals surface area contributed by atoms with E-state index in [2.05, 4.69) is 0 Å². The number of carboxylic acid groups (broad SMARTS) is 1.